The number of nitrogens with one attached hydrogen (secondary N) is 1. The molecule has 0 radical (unpaired) electrons. The number of benzene rings is 1. The number of hydrogen-bond acceptors (Lipinski definition) is 5. The molecule has 1 aliphatic carbocycles. The van der Waals surface area contributed by atoms with Crippen LogP contribution in [0.15, 0.2) is 30.5 Å². The van der Waals surface area contributed by atoms with Gasteiger partial charge in [-0.05, 0) is 43.4 Å². The third-order valence-electron chi connectivity index (χ3n) is 6.20. The van der Waals surface area contributed by atoms with E-state index in [9.17, 15) is 14.9 Å². The van der Waals surface area contributed by atoms with Crippen molar-refractivity contribution in [2.24, 2.45) is 5.41 Å². The molecule has 1 spiro atoms. The Morgan fingerprint density at radius 2 is 2.18 bits per heavy atom. The molecule has 4 rings (SSSR count). The maximum absolute atomic E-state index is 12.9. The Morgan fingerprint density at radius 1 is 1.32 bits per heavy atom. The number of ether oxygens (including phenoxy) is 1. The first-order valence-corrected chi connectivity index (χ1v) is 9.90. The largest absolute Gasteiger partial charge is 0.441 e. The fourth-order valence-electron chi connectivity index (χ4n) is 4.74. The predicted octanol–water partition coefficient (Wildman–Crippen LogP) is 3.45. The average molecular weight is 379 g/mol. The number of hydrogen-bond donors (Lipinski definition) is 1. The summed E-state index contributed by atoms with van der Waals surface area (Å²) in [5.41, 5.74) is 1.57. The molecule has 3 aliphatic rings. The standard InChI is InChI=1S/C22H25N3O3/c1-21(13-22(9-8-19(21)26)14-24-20(27)28-22)15-25-10-4-2-3-5-17-7-6-16(12-23)11-18(17)25/h4,6-7,10-11H,2-3,5,8-9,13-15H2,1H3,(H,24,27)/b10-4+/t21-,22-/m0/s1. The van der Waals surface area contributed by atoms with E-state index in [1.54, 1.807) is 0 Å². The number of nitrogens with zero attached hydrogens (tertiary/aromatic N) is 2. The first-order valence-electron chi connectivity index (χ1n) is 9.90. The zero-order valence-corrected chi connectivity index (χ0v) is 16.2. The SMILES string of the molecule is C[C@@]1(CN2/C=C/CCCc3ccc(C#N)cc32)C[C@@]2(CCC1=O)CNC(=O)O2. The van der Waals surface area contributed by atoms with Gasteiger partial charge in [0.15, 0.2) is 0 Å². The fraction of sp³-hybridized carbons (Fsp3) is 0.500. The van der Waals surface area contributed by atoms with Crippen LogP contribution in [0.4, 0.5) is 10.5 Å². The number of amides is 1. The van der Waals surface area contributed by atoms with E-state index in [-0.39, 0.29) is 5.78 Å². The van der Waals surface area contributed by atoms with Crippen LogP contribution < -0.4 is 10.2 Å². The minimum absolute atomic E-state index is 0.203. The molecule has 6 heteroatoms. The van der Waals surface area contributed by atoms with Gasteiger partial charge in [-0.15, -0.1) is 0 Å². The molecule has 146 valence electrons. The van der Waals surface area contributed by atoms with Gasteiger partial charge in [-0.1, -0.05) is 19.1 Å². The third kappa shape index (κ3) is 3.37. The van der Waals surface area contributed by atoms with Crippen LogP contribution in [0.25, 0.3) is 0 Å². The molecule has 28 heavy (non-hydrogen) atoms. The number of fused-ring (bicyclic) bond motifs is 1. The lowest BCUT2D eigenvalue weighted by Crippen LogP contribution is -2.51. The topological polar surface area (TPSA) is 82.4 Å². The Morgan fingerprint density at radius 3 is 2.93 bits per heavy atom. The van der Waals surface area contributed by atoms with Crippen LogP contribution in [0.5, 0.6) is 0 Å². The number of carbonyl (C=O) groups excluding carboxylic acids is 2. The quantitative estimate of drug-likeness (QED) is 0.851. The number of rotatable bonds is 2. The summed E-state index contributed by atoms with van der Waals surface area (Å²) in [6.07, 6.45) is 8.25. The normalized spacial score (nSPS) is 30.6. The van der Waals surface area contributed by atoms with Crippen LogP contribution in [0.3, 0.4) is 0 Å². The summed E-state index contributed by atoms with van der Waals surface area (Å²) in [6, 6.07) is 8.01. The molecule has 2 heterocycles. The Bertz CT molecular complexity index is 888. The van der Waals surface area contributed by atoms with E-state index >= 15 is 0 Å². The van der Waals surface area contributed by atoms with Crippen LogP contribution >= 0.6 is 0 Å². The summed E-state index contributed by atoms with van der Waals surface area (Å²) in [7, 11) is 0. The van der Waals surface area contributed by atoms with E-state index in [0.717, 1.165) is 24.9 Å². The molecule has 6 nitrogen and oxygen atoms in total. The van der Waals surface area contributed by atoms with Crippen LogP contribution in [0.2, 0.25) is 0 Å². The number of carbonyl (C=O) groups is 2. The van der Waals surface area contributed by atoms with Crippen molar-refractivity contribution < 1.29 is 14.3 Å². The number of ketones is 1. The first kappa shape index (κ1) is 18.5. The van der Waals surface area contributed by atoms with Crippen molar-refractivity contribution in [2.75, 3.05) is 18.0 Å². The van der Waals surface area contributed by atoms with Crippen LogP contribution in [0.1, 0.15) is 50.2 Å². The van der Waals surface area contributed by atoms with E-state index in [4.69, 9.17) is 4.74 Å². The van der Waals surface area contributed by atoms with Crippen molar-refractivity contribution in [3.8, 4) is 6.07 Å². The van der Waals surface area contributed by atoms with E-state index in [2.05, 4.69) is 22.4 Å². The summed E-state index contributed by atoms with van der Waals surface area (Å²) in [4.78, 5) is 26.7. The van der Waals surface area contributed by atoms with Crippen molar-refractivity contribution in [3.05, 3.63) is 41.6 Å². The zero-order chi connectivity index (χ0) is 19.8. The summed E-state index contributed by atoms with van der Waals surface area (Å²) in [5.74, 6) is 0.203. The highest BCUT2D eigenvalue weighted by Gasteiger charge is 2.52. The summed E-state index contributed by atoms with van der Waals surface area (Å²) in [6.45, 7) is 2.94. The second kappa shape index (κ2) is 6.97. The van der Waals surface area contributed by atoms with Crippen molar-refractivity contribution >= 4 is 17.6 Å². The number of Topliss-reactive ketones (excluding diaryl/α,β-unsaturated/α-hetero) is 1. The van der Waals surface area contributed by atoms with Gasteiger partial charge < -0.3 is 15.0 Å². The van der Waals surface area contributed by atoms with Gasteiger partial charge in [0.25, 0.3) is 0 Å². The van der Waals surface area contributed by atoms with Crippen molar-refractivity contribution in [2.45, 2.75) is 51.0 Å². The van der Waals surface area contributed by atoms with E-state index in [0.29, 0.717) is 37.9 Å². The van der Waals surface area contributed by atoms with E-state index in [1.165, 1.54) is 5.56 Å². The van der Waals surface area contributed by atoms with Crippen LogP contribution in [0, 0.1) is 16.7 Å². The molecular weight excluding hydrogens is 354 g/mol. The monoisotopic (exact) mass is 379 g/mol. The van der Waals surface area contributed by atoms with Gasteiger partial charge in [0.2, 0.25) is 0 Å². The molecule has 1 saturated carbocycles. The molecule has 1 aromatic carbocycles. The van der Waals surface area contributed by atoms with Crippen molar-refractivity contribution in [1.29, 1.82) is 5.26 Å². The molecule has 2 fully saturated rings. The highest BCUT2D eigenvalue weighted by molar-refractivity contribution is 5.87. The third-order valence-corrected chi connectivity index (χ3v) is 6.20. The summed E-state index contributed by atoms with van der Waals surface area (Å²) in [5, 5.41) is 12.1. The van der Waals surface area contributed by atoms with Gasteiger partial charge in [0.1, 0.15) is 11.4 Å². The molecule has 1 aromatic rings. The van der Waals surface area contributed by atoms with Crippen LogP contribution in [-0.2, 0) is 16.0 Å². The lowest BCUT2D eigenvalue weighted by molar-refractivity contribution is -0.137. The molecule has 2 atom stereocenters. The lowest BCUT2D eigenvalue weighted by atomic mass is 9.67. The Labute approximate surface area is 165 Å². The Balaban J connectivity index is 1.66. The average Bonchev–Trinajstić information content (AvgIpc) is 3.02. The second-order valence-electron chi connectivity index (χ2n) is 8.45. The van der Waals surface area contributed by atoms with Gasteiger partial charge in [0, 0.05) is 36.7 Å². The van der Waals surface area contributed by atoms with Gasteiger partial charge in [-0.2, -0.15) is 5.26 Å². The minimum atomic E-state index is -0.631. The number of nitriles is 1. The Hall–Kier alpha value is -2.81. The molecule has 1 saturated heterocycles. The van der Waals surface area contributed by atoms with Crippen LogP contribution in [-0.4, -0.2) is 30.6 Å². The molecule has 1 amide bonds. The van der Waals surface area contributed by atoms with E-state index in [1.807, 2.05) is 31.3 Å². The van der Waals surface area contributed by atoms with Gasteiger partial charge in [-0.3, -0.25) is 4.79 Å². The number of allylic oxidation sites excluding steroid dienone is 1. The molecule has 0 unspecified atom stereocenters. The van der Waals surface area contributed by atoms with Crippen molar-refractivity contribution in [1.82, 2.24) is 5.32 Å². The highest BCUT2D eigenvalue weighted by atomic mass is 16.6. The summed E-state index contributed by atoms with van der Waals surface area (Å²) >= 11 is 0. The Kier molecular flexibility index (Phi) is 4.62. The highest BCUT2D eigenvalue weighted by Crippen LogP contribution is 2.44. The molecule has 1 N–H and O–H groups in total. The lowest BCUT2D eigenvalue weighted by Gasteiger charge is -2.43. The number of anilines is 1. The maximum Gasteiger partial charge on any atom is 0.407 e. The summed E-state index contributed by atoms with van der Waals surface area (Å²) < 4.78 is 5.59. The zero-order valence-electron chi connectivity index (χ0n) is 16.2. The fourth-order valence-corrected chi connectivity index (χ4v) is 4.74. The van der Waals surface area contributed by atoms with Crippen molar-refractivity contribution in [3.63, 3.8) is 0 Å². The van der Waals surface area contributed by atoms with Gasteiger partial charge in [-0.25, -0.2) is 4.79 Å². The number of alkyl carbamates (subject to hydrolysis) is 1. The smallest absolute Gasteiger partial charge is 0.407 e. The molecule has 0 aromatic heterocycles. The maximum atomic E-state index is 12.9. The molecular formula is C22H25N3O3. The van der Waals surface area contributed by atoms with Gasteiger partial charge in [0.05, 0.1) is 18.2 Å². The molecule has 2 aliphatic heterocycles. The minimum Gasteiger partial charge on any atom is -0.441 e. The number of aryl methyl sites for hydroxylation is 1. The second-order valence-corrected chi connectivity index (χ2v) is 8.45. The first-order chi connectivity index (χ1) is 13.4. The predicted molar refractivity (Wildman–Crippen MR) is 105 cm³/mol. The van der Waals surface area contributed by atoms with E-state index < -0.39 is 17.1 Å². The molecule has 0 bridgehead atoms. The van der Waals surface area contributed by atoms with Gasteiger partial charge >= 0.3 is 6.09 Å².